The molecule has 1 aromatic carbocycles. The smallest absolute Gasteiger partial charge is 0.251 e. The summed E-state index contributed by atoms with van der Waals surface area (Å²) < 4.78 is 5.18. The summed E-state index contributed by atoms with van der Waals surface area (Å²) in [4.78, 5) is 31.5. The number of amides is 1. The Hall–Kier alpha value is -3.15. The number of H-pyrrole nitrogens is 1. The number of carbonyl (C=O) groups excluding carboxylic acids is 1. The van der Waals surface area contributed by atoms with Crippen molar-refractivity contribution in [2.75, 3.05) is 6.61 Å². The minimum absolute atomic E-state index is 0.00141. The number of rotatable bonds is 8. The molecule has 2 N–H and O–H groups in total. The lowest BCUT2D eigenvalue weighted by molar-refractivity contribution is -0.124. The molecule has 0 bridgehead atoms. The molecule has 0 aliphatic rings. The fraction of sp³-hybridized carbons (Fsp3) is 0.348. The standard InChI is InChI=1S/C23H29N3O3/c1-6-29-11-7-8-17(5)20-13-21(27)26-22(25-20)19-12-18(10-9-16(19)4)14-24-23(28)15(2)3/h7-13,15H,6,14H2,1-5H3,(H,24,28)(H,25,26,27)/b11-7+,17-8+. The Labute approximate surface area is 171 Å². The Morgan fingerprint density at radius 2 is 2.07 bits per heavy atom. The van der Waals surface area contributed by atoms with Crippen LogP contribution < -0.4 is 10.9 Å². The number of benzene rings is 1. The van der Waals surface area contributed by atoms with Crippen molar-refractivity contribution >= 4 is 11.5 Å². The molecule has 29 heavy (non-hydrogen) atoms. The molecule has 2 aromatic rings. The summed E-state index contributed by atoms with van der Waals surface area (Å²) in [6, 6.07) is 7.36. The average Bonchev–Trinajstić information content (AvgIpc) is 2.69. The second-order valence-electron chi connectivity index (χ2n) is 7.13. The van der Waals surface area contributed by atoms with Gasteiger partial charge in [-0.2, -0.15) is 0 Å². The van der Waals surface area contributed by atoms with E-state index >= 15 is 0 Å². The lowest BCUT2D eigenvalue weighted by Gasteiger charge is -2.11. The first-order valence-electron chi connectivity index (χ1n) is 9.76. The van der Waals surface area contributed by atoms with Gasteiger partial charge in [-0.25, -0.2) is 4.98 Å². The molecule has 0 aliphatic heterocycles. The van der Waals surface area contributed by atoms with E-state index in [2.05, 4.69) is 15.3 Å². The lowest BCUT2D eigenvalue weighted by atomic mass is 10.0. The van der Waals surface area contributed by atoms with Crippen LogP contribution in [0.15, 0.2) is 47.5 Å². The molecule has 0 unspecified atom stereocenters. The van der Waals surface area contributed by atoms with Crippen molar-refractivity contribution in [3.63, 3.8) is 0 Å². The zero-order chi connectivity index (χ0) is 21.4. The van der Waals surface area contributed by atoms with Gasteiger partial charge in [0.1, 0.15) is 5.82 Å². The molecule has 6 nitrogen and oxygen atoms in total. The topological polar surface area (TPSA) is 84.1 Å². The van der Waals surface area contributed by atoms with Crippen molar-refractivity contribution in [3.8, 4) is 11.4 Å². The zero-order valence-corrected chi connectivity index (χ0v) is 17.7. The number of hydrogen-bond donors (Lipinski definition) is 2. The Kier molecular flexibility index (Phi) is 7.95. The number of allylic oxidation sites excluding steroid dienone is 3. The van der Waals surface area contributed by atoms with Crippen LogP contribution in [-0.2, 0) is 16.1 Å². The maximum atomic E-state index is 12.2. The quantitative estimate of drug-likeness (QED) is 0.523. The van der Waals surface area contributed by atoms with Gasteiger partial charge in [0.15, 0.2) is 0 Å². The number of aromatic nitrogens is 2. The van der Waals surface area contributed by atoms with E-state index in [0.717, 1.165) is 22.3 Å². The predicted octanol–water partition coefficient (Wildman–Crippen LogP) is 3.97. The third-order valence-electron chi connectivity index (χ3n) is 4.38. The molecule has 154 valence electrons. The minimum atomic E-state index is -0.218. The van der Waals surface area contributed by atoms with Crippen molar-refractivity contribution < 1.29 is 9.53 Å². The molecule has 1 aromatic heterocycles. The number of carbonyl (C=O) groups is 1. The summed E-state index contributed by atoms with van der Waals surface area (Å²) in [6.45, 7) is 10.5. The fourth-order valence-electron chi connectivity index (χ4n) is 2.64. The lowest BCUT2D eigenvalue weighted by Crippen LogP contribution is -2.27. The number of aryl methyl sites for hydroxylation is 1. The summed E-state index contributed by atoms with van der Waals surface area (Å²) in [5, 5.41) is 2.91. The van der Waals surface area contributed by atoms with Crippen LogP contribution in [0.3, 0.4) is 0 Å². The van der Waals surface area contributed by atoms with Crippen molar-refractivity contribution in [1.29, 1.82) is 0 Å². The van der Waals surface area contributed by atoms with Gasteiger partial charge in [-0.05, 0) is 49.6 Å². The van der Waals surface area contributed by atoms with Crippen LogP contribution in [0.2, 0.25) is 0 Å². The van der Waals surface area contributed by atoms with Gasteiger partial charge in [-0.1, -0.05) is 32.1 Å². The van der Waals surface area contributed by atoms with E-state index in [1.54, 1.807) is 12.3 Å². The van der Waals surface area contributed by atoms with E-state index in [-0.39, 0.29) is 17.4 Å². The van der Waals surface area contributed by atoms with Crippen LogP contribution in [0, 0.1) is 12.8 Å². The highest BCUT2D eigenvalue weighted by molar-refractivity contribution is 5.77. The van der Waals surface area contributed by atoms with Crippen LogP contribution in [0.1, 0.15) is 44.5 Å². The largest absolute Gasteiger partial charge is 0.501 e. The van der Waals surface area contributed by atoms with E-state index < -0.39 is 0 Å². The molecule has 6 heteroatoms. The van der Waals surface area contributed by atoms with Crippen LogP contribution >= 0.6 is 0 Å². The Balaban J connectivity index is 2.34. The second kappa shape index (κ2) is 10.4. The van der Waals surface area contributed by atoms with Crippen molar-refractivity contribution in [1.82, 2.24) is 15.3 Å². The molecule has 0 fully saturated rings. The highest BCUT2D eigenvalue weighted by Crippen LogP contribution is 2.22. The molecular weight excluding hydrogens is 366 g/mol. The molecule has 0 radical (unpaired) electrons. The van der Waals surface area contributed by atoms with Crippen LogP contribution in [-0.4, -0.2) is 22.5 Å². The van der Waals surface area contributed by atoms with E-state index in [1.807, 2.05) is 58.9 Å². The van der Waals surface area contributed by atoms with Crippen LogP contribution in [0.25, 0.3) is 17.0 Å². The summed E-state index contributed by atoms with van der Waals surface area (Å²) in [6.07, 6.45) is 5.24. The molecule has 1 amide bonds. The number of ether oxygens (including phenoxy) is 1. The number of hydrogen-bond acceptors (Lipinski definition) is 4. The molecule has 0 saturated carbocycles. The Morgan fingerprint density at radius 1 is 1.31 bits per heavy atom. The molecular formula is C23H29N3O3. The monoisotopic (exact) mass is 395 g/mol. The molecule has 1 heterocycles. The molecule has 0 aliphatic carbocycles. The first-order chi connectivity index (χ1) is 13.8. The predicted molar refractivity (Wildman–Crippen MR) is 116 cm³/mol. The number of nitrogens with zero attached hydrogens (tertiary/aromatic N) is 1. The minimum Gasteiger partial charge on any atom is -0.501 e. The van der Waals surface area contributed by atoms with Crippen LogP contribution in [0.5, 0.6) is 0 Å². The van der Waals surface area contributed by atoms with Gasteiger partial charge in [0.05, 0.1) is 18.6 Å². The van der Waals surface area contributed by atoms with Gasteiger partial charge in [-0.3, -0.25) is 9.59 Å². The van der Waals surface area contributed by atoms with Gasteiger partial charge < -0.3 is 15.0 Å². The second-order valence-corrected chi connectivity index (χ2v) is 7.13. The molecule has 0 spiro atoms. The highest BCUT2D eigenvalue weighted by Gasteiger charge is 2.11. The summed E-state index contributed by atoms with van der Waals surface area (Å²) in [5.41, 5.74) is 4.00. The molecule has 0 saturated heterocycles. The maximum Gasteiger partial charge on any atom is 0.251 e. The van der Waals surface area contributed by atoms with Crippen LogP contribution in [0.4, 0.5) is 0 Å². The maximum absolute atomic E-state index is 12.2. The van der Waals surface area contributed by atoms with Gasteiger partial charge in [0, 0.05) is 24.1 Å². The summed E-state index contributed by atoms with van der Waals surface area (Å²) in [7, 11) is 0. The fourth-order valence-corrected chi connectivity index (χ4v) is 2.64. The highest BCUT2D eigenvalue weighted by atomic mass is 16.5. The summed E-state index contributed by atoms with van der Waals surface area (Å²) >= 11 is 0. The van der Waals surface area contributed by atoms with E-state index in [4.69, 9.17) is 4.74 Å². The third kappa shape index (κ3) is 6.45. The molecule has 0 atom stereocenters. The zero-order valence-electron chi connectivity index (χ0n) is 17.7. The Bertz CT molecular complexity index is 972. The molecule has 2 rings (SSSR count). The van der Waals surface area contributed by atoms with E-state index in [0.29, 0.717) is 24.7 Å². The van der Waals surface area contributed by atoms with Gasteiger partial charge in [0.2, 0.25) is 5.91 Å². The number of aromatic amines is 1. The van der Waals surface area contributed by atoms with Gasteiger partial charge >= 0.3 is 0 Å². The first kappa shape index (κ1) is 22.1. The van der Waals surface area contributed by atoms with E-state index in [1.165, 1.54) is 6.07 Å². The normalized spacial score (nSPS) is 11.9. The van der Waals surface area contributed by atoms with Crippen molar-refractivity contribution in [2.24, 2.45) is 5.92 Å². The van der Waals surface area contributed by atoms with Crippen molar-refractivity contribution in [2.45, 2.75) is 41.2 Å². The Morgan fingerprint density at radius 3 is 2.76 bits per heavy atom. The SMILES string of the molecule is CCO/C=C/C=C(\C)c1cc(=O)[nH]c(-c2cc(CNC(=O)C(C)C)ccc2C)n1. The number of nitrogens with one attached hydrogen (secondary N) is 2. The van der Waals surface area contributed by atoms with Gasteiger partial charge in [0.25, 0.3) is 5.56 Å². The summed E-state index contributed by atoms with van der Waals surface area (Å²) in [5.74, 6) is 0.436. The van der Waals surface area contributed by atoms with E-state index in [9.17, 15) is 9.59 Å². The average molecular weight is 396 g/mol. The first-order valence-corrected chi connectivity index (χ1v) is 9.76. The van der Waals surface area contributed by atoms with Crippen molar-refractivity contribution in [3.05, 3.63) is 69.9 Å². The van der Waals surface area contributed by atoms with Gasteiger partial charge in [-0.15, -0.1) is 0 Å². The third-order valence-corrected chi connectivity index (χ3v) is 4.38.